The van der Waals surface area contributed by atoms with Crippen molar-refractivity contribution in [2.75, 3.05) is 13.1 Å². The second-order valence-electron chi connectivity index (χ2n) is 5.48. The average molecular weight is 256 g/mol. The molecule has 4 heteroatoms. The van der Waals surface area contributed by atoms with Gasteiger partial charge in [0.1, 0.15) is 11.6 Å². The topological polar surface area (TPSA) is 24.1 Å². The van der Waals surface area contributed by atoms with E-state index in [9.17, 15) is 8.78 Å². The summed E-state index contributed by atoms with van der Waals surface area (Å²) in [6.07, 6.45) is 0.981. The third-order valence-corrected chi connectivity index (χ3v) is 2.44. The molecule has 0 aliphatic carbocycles. The van der Waals surface area contributed by atoms with Gasteiger partial charge in [0.25, 0.3) is 0 Å². The molecular weight excluding hydrogens is 234 g/mol. The van der Waals surface area contributed by atoms with E-state index in [0.29, 0.717) is 12.1 Å². The zero-order valence-corrected chi connectivity index (χ0v) is 11.3. The molecule has 2 N–H and O–H groups in total. The summed E-state index contributed by atoms with van der Waals surface area (Å²) < 4.78 is 25.8. The van der Waals surface area contributed by atoms with Gasteiger partial charge < -0.3 is 10.6 Å². The summed E-state index contributed by atoms with van der Waals surface area (Å²) in [7, 11) is 0. The number of nitrogens with one attached hydrogen (secondary N) is 2. The molecule has 0 aliphatic heterocycles. The predicted molar refractivity (Wildman–Crippen MR) is 70.4 cm³/mol. The average Bonchev–Trinajstić information content (AvgIpc) is 2.20. The Morgan fingerprint density at radius 3 is 2.17 bits per heavy atom. The summed E-state index contributed by atoms with van der Waals surface area (Å²) in [5, 5.41) is 6.55. The zero-order chi connectivity index (χ0) is 13.6. The molecule has 1 aromatic rings. The molecule has 2 nitrogen and oxygen atoms in total. The molecule has 1 rings (SSSR count). The molecule has 18 heavy (non-hydrogen) atoms. The number of rotatable bonds is 6. The minimum absolute atomic E-state index is 0.131. The van der Waals surface area contributed by atoms with E-state index >= 15 is 0 Å². The van der Waals surface area contributed by atoms with Crippen LogP contribution in [-0.2, 0) is 6.54 Å². The maximum Gasteiger partial charge on any atom is 0.126 e. The summed E-state index contributed by atoms with van der Waals surface area (Å²) in [6, 6.07) is 3.59. The van der Waals surface area contributed by atoms with Gasteiger partial charge in [-0.2, -0.15) is 0 Å². The molecule has 0 aromatic heterocycles. The van der Waals surface area contributed by atoms with Crippen LogP contribution >= 0.6 is 0 Å². The lowest BCUT2D eigenvalue weighted by Gasteiger charge is -2.20. The van der Waals surface area contributed by atoms with Crippen LogP contribution in [0, 0.1) is 11.6 Å². The Kier molecular flexibility index (Phi) is 5.69. The van der Waals surface area contributed by atoms with E-state index in [1.165, 1.54) is 12.1 Å². The Bertz CT molecular complexity index is 352. The van der Waals surface area contributed by atoms with Crippen LogP contribution in [0.4, 0.5) is 8.78 Å². The maximum absolute atomic E-state index is 12.9. The highest BCUT2D eigenvalue weighted by Gasteiger charge is 2.06. The summed E-state index contributed by atoms with van der Waals surface area (Å²) in [6.45, 7) is 8.60. The van der Waals surface area contributed by atoms with Crippen molar-refractivity contribution < 1.29 is 8.78 Å². The molecule has 102 valence electrons. The molecule has 0 amide bonds. The van der Waals surface area contributed by atoms with Gasteiger partial charge in [-0.1, -0.05) is 0 Å². The van der Waals surface area contributed by atoms with Crippen LogP contribution in [-0.4, -0.2) is 18.6 Å². The lowest BCUT2D eigenvalue weighted by atomic mass is 10.1. The van der Waals surface area contributed by atoms with Crippen molar-refractivity contribution in [2.24, 2.45) is 0 Å². The molecule has 0 saturated heterocycles. The van der Waals surface area contributed by atoms with E-state index in [4.69, 9.17) is 0 Å². The number of hydrogen-bond donors (Lipinski definition) is 2. The van der Waals surface area contributed by atoms with E-state index < -0.39 is 11.6 Å². The minimum Gasteiger partial charge on any atom is -0.313 e. The predicted octanol–water partition coefficient (Wildman–Crippen LogP) is 2.83. The third kappa shape index (κ3) is 6.67. The fourth-order valence-electron chi connectivity index (χ4n) is 1.62. The first-order chi connectivity index (χ1) is 8.37. The van der Waals surface area contributed by atoms with E-state index in [1.54, 1.807) is 0 Å². The standard InChI is InChI=1S/C14H22F2N2/c1-14(2,3)18-6-4-5-17-10-11-7-12(15)9-13(16)8-11/h7-9,17-18H,4-6,10H2,1-3H3. The first-order valence-electron chi connectivity index (χ1n) is 6.27. The van der Waals surface area contributed by atoms with Crippen LogP contribution in [0.5, 0.6) is 0 Å². The van der Waals surface area contributed by atoms with Gasteiger partial charge >= 0.3 is 0 Å². The van der Waals surface area contributed by atoms with Crippen LogP contribution < -0.4 is 10.6 Å². The van der Waals surface area contributed by atoms with E-state index in [2.05, 4.69) is 31.4 Å². The van der Waals surface area contributed by atoms with Crippen molar-refractivity contribution >= 4 is 0 Å². The zero-order valence-electron chi connectivity index (χ0n) is 11.3. The molecule has 0 spiro atoms. The van der Waals surface area contributed by atoms with Crippen molar-refractivity contribution in [1.82, 2.24) is 10.6 Å². The van der Waals surface area contributed by atoms with Gasteiger partial charge in [-0.05, 0) is 58.0 Å². The van der Waals surface area contributed by atoms with Crippen molar-refractivity contribution in [3.8, 4) is 0 Å². The summed E-state index contributed by atoms with van der Waals surface area (Å²) in [5.41, 5.74) is 0.766. The molecule has 0 bridgehead atoms. The van der Waals surface area contributed by atoms with Crippen molar-refractivity contribution in [3.63, 3.8) is 0 Å². The van der Waals surface area contributed by atoms with E-state index in [-0.39, 0.29) is 5.54 Å². The van der Waals surface area contributed by atoms with E-state index in [1.807, 2.05) is 0 Å². The highest BCUT2D eigenvalue weighted by atomic mass is 19.1. The monoisotopic (exact) mass is 256 g/mol. The van der Waals surface area contributed by atoms with Gasteiger partial charge in [0.05, 0.1) is 0 Å². The van der Waals surface area contributed by atoms with Crippen LogP contribution in [0.25, 0.3) is 0 Å². The Balaban J connectivity index is 2.18. The molecular formula is C14H22F2N2. The quantitative estimate of drug-likeness (QED) is 0.765. The van der Waals surface area contributed by atoms with Crippen LogP contribution in [0.2, 0.25) is 0 Å². The molecule has 0 heterocycles. The number of benzene rings is 1. The fourth-order valence-corrected chi connectivity index (χ4v) is 1.62. The molecule has 0 aliphatic rings. The third-order valence-electron chi connectivity index (χ3n) is 2.44. The highest BCUT2D eigenvalue weighted by Crippen LogP contribution is 2.07. The second kappa shape index (κ2) is 6.81. The van der Waals surface area contributed by atoms with E-state index in [0.717, 1.165) is 25.6 Å². The van der Waals surface area contributed by atoms with Crippen molar-refractivity contribution in [2.45, 2.75) is 39.3 Å². The van der Waals surface area contributed by atoms with Gasteiger partial charge in [-0.15, -0.1) is 0 Å². The van der Waals surface area contributed by atoms with Gasteiger partial charge in [0.15, 0.2) is 0 Å². The SMILES string of the molecule is CC(C)(C)NCCCNCc1cc(F)cc(F)c1. The lowest BCUT2D eigenvalue weighted by molar-refractivity contribution is 0.418. The number of hydrogen-bond acceptors (Lipinski definition) is 2. The normalized spacial score (nSPS) is 11.8. The Morgan fingerprint density at radius 2 is 1.61 bits per heavy atom. The molecule has 0 fully saturated rings. The molecule has 0 atom stereocenters. The van der Waals surface area contributed by atoms with Crippen LogP contribution in [0.1, 0.15) is 32.8 Å². The Hall–Kier alpha value is -1.00. The first-order valence-corrected chi connectivity index (χ1v) is 6.27. The maximum atomic E-state index is 12.9. The Morgan fingerprint density at radius 1 is 1.00 bits per heavy atom. The van der Waals surface area contributed by atoms with Crippen LogP contribution in [0.3, 0.4) is 0 Å². The summed E-state index contributed by atoms with van der Waals surface area (Å²) in [4.78, 5) is 0. The van der Waals surface area contributed by atoms with Gasteiger partial charge in [0, 0.05) is 18.2 Å². The summed E-state index contributed by atoms with van der Waals surface area (Å²) >= 11 is 0. The molecule has 1 aromatic carbocycles. The minimum atomic E-state index is -0.527. The van der Waals surface area contributed by atoms with Crippen molar-refractivity contribution in [1.29, 1.82) is 0 Å². The lowest BCUT2D eigenvalue weighted by Crippen LogP contribution is -2.37. The molecule has 0 unspecified atom stereocenters. The number of halogens is 2. The largest absolute Gasteiger partial charge is 0.313 e. The summed E-state index contributed by atoms with van der Waals surface area (Å²) in [5.74, 6) is -1.05. The molecule has 0 saturated carbocycles. The van der Waals surface area contributed by atoms with Gasteiger partial charge in [-0.3, -0.25) is 0 Å². The Labute approximate surface area is 108 Å². The fraction of sp³-hybridized carbons (Fsp3) is 0.571. The van der Waals surface area contributed by atoms with Gasteiger partial charge in [-0.25, -0.2) is 8.78 Å². The van der Waals surface area contributed by atoms with Crippen molar-refractivity contribution in [3.05, 3.63) is 35.4 Å². The smallest absolute Gasteiger partial charge is 0.126 e. The van der Waals surface area contributed by atoms with Crippen LogP contribution in [0.15, 0.2) is 18.2 Å². The van der Waals surface area contributed by atoms with Gasteiger partial charge in [0.2, 0.25) is 0 Å². The second-order valence-corrected chi connectivity index (χ2v) is 5.48. The molecule has 0 radical (unpaired) electrons. The first kappa shape index (κ1) is 15.1. The highest BCUT2D eigenvalue weighted by molar-refractivity contribution is 5.17.